The zero-order valence-electron chi connectivity index (χ0n) is 20.3. The second kappa shape index (κ2) is 7.76. The van der Waals surface area contributed by atoms with E-state index in [4.69, 9.17) is 4.74 Å². The Bertz CT molecular complexity index is 1150. The van der Waals surface area contributed by atoms with Gasteiger partial charge in [-0.05, 0) is 68.1 Å². The largest absolute Gasteiger partial charge is 0.486 e. The van der Waals surface area contributed by atoms with E-state index in [1.807, 2.05) is 0 Å². The number of aryl methyl sites for hydroxylation is 3. The highest BCUT2D eigenvalue weighted by atomic mass is 16.5. The molecule has 2 nitrogen and oxygen atoms in total. The van der Waals surface area contributed by atoms with Gasteiger partial charge < -0.3 is 4.74 Å². The van der Waals surface area contributed by atoms with Gasteiger partial charge in [-0.3, -0.25) is 0 Å². The highest BCUT2D eigenvalue weighted by molar-refractivity contribution is 5.76. The molecular weight excluding hydrogens is 390 g/mol. The van der Waals surface area contributed by atoms with Gasteiger partial charge in [0.15, 0.2) is 6.20 Å². The lowest BCUT2D eigenvalue weighted by molar-refractivity contribution is -0.660. The van der Waals surface area contributed by atoms with Crippen molar-refractivity contribution in [2.75, 3.05) is 0 Å². The Balaban J connectivity index is 1.69. The van der Waals surface area contributed by atoms with Crippen LogP contribution in [0.4, 0.5) is 0 Å². The summed E-state index contributed by atoms with van der Waals surface area (Å²) in [5.74, 6) is 1.12. The minimum atomic E-state index is -0.00949. The first-order valence-electron chi connectivity index (χ1n) is 12.2. The van der Waals surface area contributed by atoms with Crippen LogP contribution in [-0.4, -0.2) is 5.60 Å². The summed E-state index contributed by atoms with van der Waals surface area (Å²) in [6.07, 6.45) is 9.56. The van der Waals surface area contributed by atoms with E-state index in [1.165, 1.54) is 71.2 Å². The van der Waals surface area contributed by atoms with Crippen LogP contribution in [0.25, 0.3) is 22.4 Å². The smallest absolute Gasteiger partial charge is 0.216 e. The van der Waals surface area contributed by atoms with Crippen molar-refractivity contribution in [1.29, 1.82) is 0 Å². The molecule has 0 bridgehead atoms. The molecule has 5 rings (SSSR count). The Kier molecular flexibility index (Phi) is 5.15. The maximum atomic E-state index is 7.07. The number of ether oxygens (including phenoxy) is 1. The average molecular weight is 427 g/mol. The van der Waals surface area contributed by atoms with Gasteiger partial charge in [0.2, 0.25) is 5.69 Å². The summed E-state index contributed by atoms with van der Waals surface area (Å²) in [6, 6.07) is 18.0. The van der Waals surface area contributed by atoms with E-state index in [1.54, 1.807) is 0 Å². The molecular formula is C30H36NO+. The molecule has 3 aromatic rings. The Morgan fingerprint density at radius 3 is 2.28 bits per heavy atom. The van der Waals surface area contributed by atoms with Gasteiger partial charge in [0, 0.05) is 17.7 Å². The van der Waals surface area contributed by atoms with Crippen molar-refractivity contribution in [3.05, 3.63) is 71.4 Å². The number of fused-ring (bicyclic) bond motifs is 1. The average Bonchev–Trinajstić information content (AvgIpc) is 2.75. The molecule has 2 aliphatic rings. The number of nitrogens with zero attached hydrogens (tertiary/aromatic N) is 1. The summed E-state index contributed by atoms with van der Waals surface area (Å²) < 4.78 is 9.31. The van der Waals surface area contributed by atoms with Crippen molar-refractivity contribution in [2.45, 2.75) is 77.2 Å². The van der Waals surface area contributed by atoms with Crippen molar-refractivity contribution in [3.8, 4) is 28.1 Å². The first kappa shape index (κ1) is 21.2. The Morgan fingerprint density at radius 2 is 1.56 bits per heavy atom. The maximum Gasteiger partial charge on any atom is 0.216 e. The van der Waals surface area contributed by atoms with Gasteiger partial charge >= 0.3 is 0 Å². The maximum absolute atomic E-state index is 7.07. The third-order valence-corrected chi connectivity index (χ3v) is 7.73. The van der Waals surface area contributed by atoms with Crippen molar-refractivity contribution in [3.63, 3.8) is 0 Å². The van der Waals surface area contributed by atoms with Crippen molar-refractivity contribution < 1.29 is 9.30 Å². The van der Waals surface area contributed by atoms with E-state index in [2.05, 4.69) is 94.0 Å². The molecule has 1 spiro atoms. The molecule has 2 heteroatoms. The molecule has 0 saturated heterocycles. The van der Waals surface area contributed by atoms with Crippen LogP contribution in [-0.2, 0) is 12.5 Å². The highest BCUT2D eigenvalue weighted by Crippen LogP contribution is 2.53. The van der Waals surface area contributed by atoms with E-state index in [-0.39, 0.29) is 11.0 Å². The second-order valence-electron chi connectivity index (χ2n) is 10.8. The first-order valence-corrected chi connectivity index (χ1v) is 12.2. The predicted octanol–water partition coefficient (Wildman–Crippen LogP) is 7.22. The fourth-order valence-electron chi connectivity index (χ4n) is 6.01. The van der Waals surface area contributed by atoms with Crippen molar-refractivity contribution in [1.82, 2.24) is 0 Å². The molecule has 1 aliphatic heterocycles. The number of hydrogen-bond donors (Lipinski definition) is 0. The van der Waals surface area contributed by atoms with Crippen LogP contribution in [0, 0.1) is 13.8 Å². The zero-order valence-corrected chi connectivity index (χ0v) is 20.3. The quantitative estimate of drug-likeness (QED) is 0.394. The summed E-state index contributed by atoms with van der Waals surface area (Å²) in [7, 11) is 2.15. The van der Waals surface area contributed by atoms with Gasteiger partial charge in [-0.15, -0.1) is 0 Å². The lowest BCUT2D eigenvalue weighted by Gasteiger charge is -2.48. The molecule has 0 N–H and O–H groups in total. The molecule has 1 aliphatic carbocycles. The molecule has 0 atom stereocenters. The fraction of sp³-hybridized carbons (Fsp3) is 0.433. The number of rotatable bonds is 2. The number of hydrogen-bond acceptors (Lipinski definition) is 1. The third kappa shape index (κ3) is 3.64. The lowest BCUT2D eigenvalue weighted by Crippen LogP contribution is -2.47. The van der Waals surface area contributed by atoms with Crippen LogP contribution < -0.4 is 9.30 Å². The molecule has 1 fully saturated rings. The topological polar surface area (TPSA) is 13.1 Å². The number of pyridine rings is 1. The Morgan fingerprint density at radius 1 is 0.844 bits per heavy atom. The molecule has 32 heavy (non-hydrogen) atoms. The monoisotopic (exact) mass is 426 g/mol. The Labute approximate surface area is 193 Å². The SMILES string of the molecule is Cc1ccc(-c2cc[n+](C)c(-c3c(C)ccc4c3OC3(CCCCC3)CC4(C)C)c2)cc1. The summed E-state index contributed by atoms with van der Waals surface area (Å²) >= 11 is 0. The zero-order chi connectivity index (χ0) is 22.5. The first-order chi connectivity index (χ1) is 15.3. The van der Waals surface area contributed by atoms with Crippen LogP contribution in [0.1, 0.15) is 69.1 Å². The molecule has 0 radical (unpaired) electrons. The fourth-order valence-corrected chi connectivity index (χ4v) is 6.01. The van der Waals surface area contributed by atoms with Crippen LogP contribution in [0.5, 0.6) is 5.75 Å². The molecule has 1 saturated carbocycles. The summed E-state index contributed by atoms with van der Waals surface area (Å²) in [4.78, 5) is 0. The van der Waals surface area contributed by atoms with E-state index in [0.29, 0.717) is 0 Å². The van der Waals surface area contributed by atoms with E-state index in [9.17, 15) is 0 Å². The minimum absolute atomic E-state index is 0.00949. The normalized spacial score (nSPS) is 18.8. The van der Waals surface area contributed by atoms with Crippen LogP contribution in [0.3, 0.4) is 0 Å². The highest BCUT2D eigenvalue weighted by Gasteiger charge is 2.46. The van der Waals surface area contributed by atoms with Gasteiger partial charge in [-0.1, -0.05) is 62.2 Å². The van der Waals surface area contributed by atoms with Crippen molar-refractivity contribution >= 4 is 0 Å². The van der Waals surface area contributed by atoms with Gasteiger partial charge in [0.25, 0.3) is 0 Å². The molecule has 1 aromatic heterocycles. The van der Waals surface area contributed by atoms with Gasteiger partial charge in [0.05, 0.1) is 5.56 Å². The molecule has 166 valence electrons. The van der Waals surface area contributed by atoms with Crippen LogP contribution in [0.2, 0.25) is 0 Å². The second-order valence-corrected chi connectivity index (χ2v) is 10.8. The van der Waals surface area contributed by atoms with E-state index >= 15 is 0 Å². The van der Waals surface area contributed by atoms with Gasteiger partial charge in [0.1, 0.15) is 18.4 Å². The van der Waals surface area contributed by atoms with Crippen molar-refractivity contribution in [2.24, 2.45) is 7.05 Å². The summed E-state index contributed by atoms with van der Waals surface area (Å²) in [5, 5.41) is 0. The molecule has 0 unspecified atom stereocenters. The lowest BCUT2D eigenvalue weighted by atomic mass is 9.67. The molecule has 2 heterocycles. The standard InChI is InChI=1S/C30H36NO/c1-21-9-12-23(13-10-21)24-15-18-31(5)26(19-24)27-22(2)11-14-25-28(27)32-30(20-29(25,3)4)16-7-6-8-17-30/h9-15,18-19H,6-8,16-17,20H2,1-5H3/q+1. The summed E-state index contributed by atoms with van der Waals surface area (Å²) in [6.45, 7) is 9.19. The van der Waals surface area contributed by atoms with E-state index < -0.39 is 0 Å². The third-order valence-electron chi connectivity index (χ3n) is 7.73. The minimum Gasteiger partial charge on any atom is -0.486 e. The van der Waals surface area contributed by atoms with Crippen LogP contribution in [0.15, 0.2) is 54.7 Å². The molecule has 0 amide bonds. The summed E-state index contributed by atoms with van der Waals surface area (Å²) in [5.41, 5.74) is 9.02. The number of aromatic nitrogens is 1. The van der Waals surface area contributed by atoms with Gasteiger partial charge in [-0.2, -0.15) is 0 Å². The van der Waals surface area contributed by atoms with Crippen LogP contribution >= 0.6 is 0 Å². The predicted molar refractivity (Wildman–Crippen MR) is 132 cm³/mol. The number of benzene rings is 2. The Hall–Kier alpha value is -2.61. The van der Waals surface area contributed by atoms with E-state index in [0.717, 1.165) is 12.2 Å². The molecule has 2 aromatic carbocycles. The van der Waals surface area contributed by atoms with Gasteiger partial charge in [-0.25, -0.2) is 4.57 Å².